The van der Waals surface area contributed by atoms with Gasteiger partial charge in [-0.25, -0.2) is 0 Å². The van der Waals surface area contributed by atoms with Gasteiger partial charge in [-0.3, -0.25) is 4.84 Å². The molecule has 1 rings (SSSR count). The molecule has 0 unspecified atom stereocenters. The first-order valence-corrected chi connectivity index (χ1v) is 4.67. The van der Waals surface area contributed by atoms with Gasteiger partial charge >= 0.3 is 0 Å². The van der Waals surface area contributed by atoms with Crippen molar-refractivity contribution >= 4 is 0 Å². The Hall–Kier alpha value is -1.05. The van der Waals surface area contributed by atoms with E-state index >= 15 is 0 Å². The number of hydrogen-bond acceptors (Lipinski definition) is 1. The highest BCUT2D eigenvalue weighted by atomic mass is 16.6. The summed E-state index contributed by atoms with van der Waals surface area (Å²) in [7, 11) is 1.69. The van der Waals surface area contributed by atoms with E-state index in [2.05, 4.69) is 26.8 Å². The van der Waals surface area contributed by atoms with E-state index in [1.807, 2.05) is 23.1 Å². The van der Waals surface area contributed by atoms with Crippen LogP contribution in [-0.2, 0) is 5.41 Å². The van der Waals surface area contributed by atoms with Gasteiger partial charge in [-0.15, -0.1) is 0 Å². The lowest BCUT2D eigenvalue weighted by atomic mass is 9.86. The fourth-order valence-corrected chi connectivity index (χ4v) is 1.29. The fourth-order valence-electron chi connectivity index (χ4n) is 1.29. The Morgan fingerprint density at radius 2 is 2.08 bits per heavy atom. The van der Waals surface area contributed by atoms with E-state index < -0.39 is 0 Å². The van der Waals surface area contributed by atoms with Crippen LogP contribution in [0, 0.1) is 0 Å². The van der Waals surface area contributed by atoms with Gasteiger partial charge in [0.25, 0.3) is 0 Å². The monoisotopic (exact) mass is 180 g/mol. The Morgan fingerprint density at radius 1 is 1.38 bits per heavy atom. The van der Waals surface area contributed by atoms with Crippen molar-refractivity contribution in [2.75, 3.05) is 7.11 Å². The molecule has 1 aromatic rings. The molecule has 2 heteroatoms. The van der Waals surface area contributed by atoms with Gasteiger partial charge in [0.2, 0.25) is 11.9 Å². The van der Waals surface area contributed by atoms with E-state index in [4.69, 9.17) is 4.84 Å². The van der Waals surface area contributed by atoms with Crippen LogP contribution in [0.3, 0.4) is 0 Å². The lowest BCUT2D eigenvalue weighted by Gasteiger charge is -2.18. The highest BCUT2D eigenvalue weighted by Gasteiger charge is 2.29. The normalized spacial score (nSPS) is 11.4. The molecule has 0 bridgehead atoms. The minimum atomic E-state index is 0.164. The minimum Gasteiger partial charge on any atom is -0.274 e. The highest BCUT2D eigenvalue weighted by molar-refractivity contribution is 5.08. The van der Waals surface area contributed by atoms with Crippen molar-refractivity contribution in [1.82, 2.24) is 0 Å². The summed E-state index contributed by atoms with van der Waals surface area (Å²) in [6.07, 6.45) is 3.03. The molecular weight excluding hydrogens is 162 g/mol. The van der Waals surface area contributed by atoms with Crippen LogP contribution in [0.15, 0.2) is 24.4 Å². The van der Waals surface area contributed by atoms with Crippen LogP contribution in [0.5, 0.6) is 0 Å². The first-order chi connectivity index (χ1) is 6.11. The van der Waals surface area contributed by atoms with Gasteiger partial charge in [0.15, 0.2) is 0 Å². The Kier molecular flexibility index (Phi) is 2.91. The number of rotatable bonds is 3. The smallest absolute Gasteiger partial charge is 0.239 e. The van der Waals surface area contributed by atoms with Crippen molar-refractivity contribution in [3.63, 3.8) is 0 Å². The summed E-state index contributed by atoms with van der Waals surface area (Å²) in [4.78, 5) is 5.25. The summed E-state index contributed by atoms with van der Waals surface area (Å²) in [6, 6.07) is 6.12. The van der Waals surface area contributed by atoms with Crippen LogP contribution in [0.1, 0.15) is 32.9 Å². The average molecular weight is 180 g/mol. The summed E-state index contributed by atoms with van der Waals surface area (Å²) in [5.41, 5.74) is 1.37. The number of nitrogens with zero attached hydrogens (tertiary/aromatic N) is 1. The van der Waals surface area contributed by atoms with Crippen LogP contribution < -0.4 is 9.57 Å². The van der Waals surface area contributed by atoms with Gasteiger partial charge in [0, 0.05) is 16.9 Å². The molecule has 0 aromatic carbocycles. The van der Waals surface area contributed by atoms with Crippen LogP contribution in [0.4, 0.5) is 0 Å². The second-order valence-electron chi connectivity index (χ2n) is 3.83. The summed E-state index contributed by atoms with van der Waals surface area (Å²) < 4.78 is 1.82. The third kappa shape index (κ3) is 2.00. The van der Waals surface area contributed by atoms with E-state index in [1.54, 1.807) is 7.11 Å². The quantitative estimate of drug-likeness (QED) is 0.645. The van der Waals surface area contributed by atoms with E-state index in [1.165, 1.54) is 5.69 Å². The van der Waals surface area contributed by atoms with E-state index in [9.17, 15) is 0 Å². The molecule has 0 atom stereocenters. The number of hydrogen-bond donors (Lipinski definition) is 0. The predicted octanol–water partition coefficient (Wildman–Crippen LogP) is 1.72. The molecule has 2 nitrogen and oxygen atoms in total. The molecule has 0 amide bonds. The van der Waals surface area contributed by atoms with Crippen LogP contribution in [0.2, 0.25) is 0 Å². The van der Waals surface area contributed by atoms with Crippen molar-refractivity contribution in [3.8, 4) is 0 Å². The maximum Gasteiger partial charge on any atom is 0.239 e. The zero-order valence-corrected chi connectivity index (χ0v) is 8.87. The van der Waals surface area contributed by atoms with Crippen LogP contribution in [0.25, 0.3) is 0 Å². The largest absolute Gasteiger partial charge is 0.274 e. The first kappa shape index (κ1) is 10.0. The van der Waals surface area contributed by atoms with Crippen molar-refractivity contribution in [2.45, 2.75) is 32.6 Å². The van der Waals surface area contributed by atoms with Gasteiger partial charge in [-0.05, 0) is 26.3 Å². The molecule has 0 fully saturated rings. The maximum atomic E-state index is 5.25. The second-order valence-corrected chi connectivity index (χ2v) is 3.83. The fraction of sp³-hybridized carbons (Fsp3) is 0.545. The zero-order chi connectivity index (χ0) is 9.90. The van der Waals surface area contributed by atoms with E-state index in [0.29, 0.717) is 0 Å². The summed E-state index contributed by atoms with van der Waals surface area (Å²) in [6.45, 7) is 6.63. The molecule has 72 valence electrons. The first-order valence-electron chi connectivity index (χ1n) is 4.67. The highest BCUT2D eigenvalue weighted by Crippen LogP contribution is 2.22. The number of aromatic nitrogens is 1. The molecule has 13 heavy (non-hydrogen) atoms. The molecular formula is C11H18NO+. The minimum absolute atomic E-state index is 0.164. The van der Waals surface area contributed by atoms with Crippen LogP contribution >= 0.6 is 0 Å². The van der Waals surface area contributed by atoms with Gasteiger partial charge in [0.1, 0.15) is 7.11 Å². The molecule has 1 heterocycles. The Morgan fingerprint density at radius 3 is 2.62 bits per heavy atom. The van der Waals surface area contributed by atoms with Crippen LogP contribution in [-0.4, -0.2) is 7.11 Å². The molecule has 0 spiro atoms. The van der Waals surface area contributed by atoms with Gasteiger partial charge in [0.05, 0.1) is 5.41 Å². The molecule has 0 aliphatic rings. The molecule has 0 aliphatic carbocycles. The van der Waals surface area contributed by atoms with Gasteiger partial charge in [-0.2, -0.15) is 0 Å². The van der Waals surface area contributed by atoms with Crippen molar-refractivity contribution in [2.24, 2.45) is 0 Å². The van der Waals surface area contributed by atoms with Gasteiger partial charge < -0.3 is 0 Å². The van der Waals surface area contributed by atoms with Crippen molar-refractivity contribution in [1.29, 1.82) is 0 Å². The molecule has 0 saturated heterocycles. The third-order valence-electron chi connectivity index (χ3n) is 2.60. The Labute approximate surface area is 80.1 Å². The second kappa shape index (κ2) is 3.77. The maximum absolute atomic E-state index is 5.25. The van der Waals surface area contributed by atoms with E-state index in [-0.39, 0.29) is 5.41 Å². The lowest BCUT2D eigenvalue weighted by Crippen LogP contribution is -2.48. The van der Waals surface area contributed by atoms with Crippen molar-refractivity contribution < 1.29 is 9.57 Å². The Balaban J connectivity index is 3.12. The molecule has 0 radical (unpaired) electrons. The molecule has 0 aliphatic heterocycles. The topological polar surface area (TPSA) is 13.1 Å². The molecule has 0 N–H and O–H groups in total. The summed E-state index contributed by atoms with van der Waals surface area (Å²) in [5, 5.41) is 0. The number of pyridine rings is 1. The average Bonchev–Trinajstić information content (AvgIpc) is 2.18. The summed E-state index contributed by atoms with van der Waals surface area (Å²) in [5.74, 6) is 0. The third-order valence-corrected chi connectivity index (χ3v) is 2.60. The van der Waals surface area contributed by atoms with E-state index in [0.717, 1.165) is 6.42 Å². The summed E-state index contributed by atoms with van der Waals surface area (Å²) >= 11 is 0. The van der Waals surface area contributed by atoms with Gasteiger partial charge in [-0.1, -0.05) is 6.92 Å². The standard InChI is InChI=1S/C11H18NO/c1-5-11(2,3)10-8-6-7-9-12(10)13-4/h6-9H,5H2,1-4H3/q+1. The SMILES string of the molecule is CCC(C)(C)c1cccc[n+]1OC. The van der Waals surface area contributed by atoms with Crippen molar-refractivity contribution in [3.05, 3.63) is 30.1 Å². The molecule has 0 saturated carbocycles. The predicted molar refractivity (Wildman–Crippen MR) is 52.5 cm³/mol. The Bertz CT molecular complexity index is 281. The zero-order valence-electron chi connectivity index (χ0n) is 8.87. The molecule has 1 aromatic heterocycles. The lowest BCUT2D eigenvalue weighted by molar-refractivity contribution is -0.892.